The molecule has 2 aromatic carbocycles. The number of halogens is 2. The third-order valence-electron chi connectivity index (χ3n) is 11.0. The van der Waals surface area contributed by atoms with Crippen molar-refractivity contribution in [3.8, 4) is 0 Å². The van der Waals surface area contributed by atoms with E-state index in [9.17, 15) is 19.2 Å². The van der Waals surface area contributed by atoms with Gasteiger partial charge in [0, 0.05) is 72.4 Å². The normalized spacial score (nSPS) is 21.6. The quantitative estimate of drug-likeness (QED) is 0.278. The Morgan fingerprint density at radius 3 is 2.29 bits per heavy atom. The number of fused-ring (bicyclic) bond motifs is 1. The summed E-state index contributed by atoms with van der Waals surface area (Å²) in [5, 5.41) is 3.00. The summed E-state index contributed by atoms with van der Waals surface area (Å²) in [6, 6.07) is 11.2. The molecule has 0 aliphatic carbocycles. The minimum Gasteiger partial charge on any atom is -0.465 e. The van der Waals surface area contributed by atoms with E-state index in [1.54, 1.807) is 11.8 Å². The van der Waals surface area contributed by atoms with Gasteiger partial charge in [0.05, 0.1) is 18.2 Å². The highest BCUT2D eigenvalue weighted by Crippen LogP contribution is 2.33. The molecule has 0 radical (unpaired) electrons. The third-order valence-corrected chi connectivity index (χ3v) is 12.3. The van der Waals surface area contributed by atoms with Crippen molar-refractivity contribution in [3.05, 3.63) is 56.5 Å². The summed E-state index contributed by atoms with van der Waals surface area (Å²) >= 11 is 7.07. The molecule has 4 aliphatic rings. The number of piperazine rings is 1. The van der Waals surface area contributed by atoms with Crippen LogP contribution in [-0.4, -0.2) is 126 Å². The number of amides is 4. The summed E-state index contributed by atoms with van der Waals surface area (Å²) in [6.45, 7) is 6.85. The number of nitrogens with one attached hydrogen (secondary N) is 1. The van der Waals surface area contributed by atoms with Crippen LogP contribution in [0, 0.1) is 5.92 Å². The smallest absolute Gasteiger partial charge is 0.325 e. The van der Waals surface area contributed by atoms with Gasteiger partial charge in [-0.15, -0.1) is 0 Å². The summed E-state index contributed by atoms with van der Waals surface area (Å²) in [7, 11) is 2.11. The minimum absolute atomic E-state index is 0.0185. The van der Waals surface area contributed by atoms with Crippen LogP contribution in [0.5, 0.6) is 0 Å². The van der Waals surface area contributed by atoms with Gasteiger partial charge in [-0.1, -0.05) is 18.2 Å². The van der Waals surface area contributed by atoms with Crippen LogP contribution in [0.15, 0.2) is 45.3 Å². The standard InChI is InChI=1S/C37H49Br2N7O5/c1-3-51-36(49)32-23-44(16-17-45(32)27-8-12-42(2)13-9-27)35(48)26(18-24-19-29(38)34(40)30(39)20-24)21-33(47)43-14-10-28(11-15-43)46-22-25-6-4-5-7-31(25)41-37(46)50/h4-7,19-20,26-28,32H,3,8-18,21-23,40H2,1-2H3,(H,41,50). The van der Waals surface area contributed by atoms with Crippen LogP contribution >= 0.6 is 31.9 Å². The maximum absolute atomic E-state index is 14.5. The summed E-state index contributed by atoms with van der Waals surface area (Å²) in [5.74, 6) is -1.16. The number of anilines is 2. The fourth-order valence-electron chi connectivity index (χ4n) is 8.04. The summed E-state index contributed by atoms with van der Waals surface area (Å²) in [5.41, 5.74) is 9.54. The largest absolute Gasteiger partial charge is 0.465 e. The van der Waals surface area contributed by atoms with Gasteiger partial charge in [0.2, 0.25) is 11.8 Å². The molecule has 0 spiro atoms. The zero-order valence-electron chi connectivity index (χ0n) is 29.5. The molecule has 2 aromatic rings. The first-order chi connectivity index (χ1) is 24.5. The Hall–Kier alpha value is -3.20. The van der Waals surface area contributed by atoms with Gasteiger partial charge >= 0.3 is 12.0 Å². The van der Waals surface area contributed by atoms with Gasteiger partial charge in [-0.3, -0.25) is 19.3 Å². The summed E-state index contributed by atoms with van der Waals surface area (Å²) < 4.78 is 6.95. The highest BCUT2D eigenvalue weighted by atomic mass is 79.9. The first-order valence-corrected chi connectivity index (χ1v) is 19.7. The van der Waals surface area contributed by atoms with Crippen LogP contribution in [0.3, 0.4) is 0 Å². The predicted octanol–water partition coefficient (Wildman–Crippen LogP) is 4.55. The lowest BCUT2D eigenvalue weighted by Crippen LogP contribution is -2.62. The number of rotatable bonds is 9. The molecule has 2 atom stereocenters. The molecule has 3 N–H and O–H groups in total. The second-order valence-corrected chi connectivity index (χ2v) is 15.9. The second kappa shape index (κ2) is 16.6. The van der Waals surface area contributed by atoms with E-state index >= 15 is 0 Å². The van der Waals surface area contributed by atoms with E-state index in [1.165, 1.54) is 0 Å². The van der Waals surface area contributed by atoms with Gasteiger partial charge in [-0.2, -0.15) is 0 Å². The minimum atomic E-state index is -0.639. The Kier molecular flexibility index (Phi) is 12.3. The zero-order chi connectivity index (χ0) is 36.2. The van der Waals surface area contributed by atoms with Gasteiger partial charge in [0.1, 0.15) is 6.04 Å². The number of nitrogen functional groups attached to an aromatic ring is 1. The number of benzene rings is 2. The second-order valence-electron chi connectivity index (χ2n) is 14.2. The van der Waals surface area contributed by atoms with Gasteiger partial charge in [-0.25, -0.2) is 4.79 Å². The van der Waals surface area contributed by atoms with E-state index in [-0.39, 0.29) is 55.5 Å². The Bertz CT molecular complexity index is 1590. The summed E-state index contributed by atoms with van der Waals surface area (Å²) in [4.78, 5) is 64.8. The number of likely N-dealkylation sites (tertiary alicyclic amines) is 2. The number of para-hydroxylation sites is 1. The number of carbonyl (C=O) groups excluding carboxylic acids is 4. The van der Waals surface area contributed by atoms with E-state index in [4.69, 9.17) is 10.5 Å². The number of urea groups is 1. The number of nitrogens with two attached hydrogens (primary N) is 1. The van der Waals surface area contributed by atoms with Crippen molar-refractivity contribution in [2.75, 3.05) is 70.5 Å². The molecule has 3 fully saturated rings. The van der Waals surface area contributed by atoms with Crippen LogP contribution in [0.25, 0.3) is 0 Å². The number of esters is 1. The average molecular weight is 832 g/mol. The molecule has 0 bridgehead atoms. The van der Waals surface area contributed by atoms with Crippen molar-refractivity contribution in [1.82, 2.24) is 24.5 Å². The molecule has 51 heavy (non-hydrogen) atoms. The molecule has 4 heterocycles. The average Bonchev–Trinajstić information content (AvgIpc) is 3.13. The highest BCUT2D eigenvalue weighted by Gasteiger charge is 2.41. The molecule has 0 aromatic heterocycles. The maximum Gasteiger partial charge on any atom is 0.325 e. The van der Waals surface area contributed by atoms with Gasteiger partial charge in [-0.05, 0) is 120 Å². The molecule has 12 nitrogen and oxygen atoms in total. The molecule has 6 rings (SSSR count). The molecule has 4 aliphatic heterocycles. The molecule has 2 unspecified atom stereocenters. The van der Waals surface area contributed by atoms with E-state index in [0.717, 1.165) is 42.7 Å². The van der Waals surface area contributed by atoms with Crippen LogP contribution in [0.4, 0.5) is 16.2 Å². The lowest BCUT2D eigenvalue weighted by molar-refractivity contribution is -0.157. The number of nitrogens with zero attached hydrogens (tertiary/aromatic N) is 5. The molecule has 14 heteroatoms. The number of ether oxygens (including phenoxy) is 1. The number of piperidine rings is 2. The molecular formula is C37H49Br2N7O5. The monoisotopic (exact) mass is 829 g/mol. The Labute approximate surface area is 317 Å². The van der Waals surface area contributed by atoms with Gasteiger partial charge in [0.15, 0.2) is 0 Å². The lowest BCUT2D eigenvalue weighted by Gasteiger charge is -2.46. The Balaban J connectivity index is 1.15. The van der Waals surface area contributed by atoms with Crippen molar-refractivity contribution >= 4 is 67.0 Å². The first-order valence-electron chi connectivity index (χ1n) is 18.1. The van der Waals surface area contributed by atoms with Crippen LogP contribution in [0.1, 0.15) is 50.2 Å². The van der Waals surface area contributed by atoms with E-state index in [2.05, 4.69) is 54.0 Å². The van der Waals surface area contributed by atoms with Crippen molar-refractivity contribution < 1.29 is 23.9 Å². The number of carbonyl (C=O) groups is 4. The maximum atomic E-state index is 14.5. The zero-order valence-corrected chi connectivity index (χ0v) is 32.7. The van der Waals surface area contributed by atoms with Crippen molar-refractivity contribution in [2.24, 2.45) is 5.92 Å². The van der Waals surface area contributed by atoms with Crippen molar-refractivity contribution in [2.45, 2.75) is 70.1 Å². The fourth-order valence-corrected chi connectivity index (χ4v) is 9.32. The Morgan fingerprint density at radius 1 is 0.941 bits per heavy atom. The number of hydrogen-bond donors (Lipinski definition) is 2. The fraction of sp³-hybridized carbons (Fsp3) is 0.568. The van der Waals surface area contributed by atoms with Crippen LogP contribution < -0.4 is 11.1 Å². The van der Waals surface area contributed by atoms with Crippen molar-refractivity contribution in [3.63, 3.8) is 0 Å². The number of hydrogen-bond acceptors (Lipinski definition) is 8. The van der Waals surface area contributed by atoms with Crippen LogP contribution in [0.2, 0.25) is 0 Å². The Morgan fingerprint density at radius 2 is 1.61 bits per heavy atom. The van der Waals surface area contributed by atoms with E-state index in [0.29, 0.717) is 66.6 Å². The molecule has 3 saturated heterocycles. The summed E-state index contributed by atoms with van der Waals surface area (Å²) in [6.07, 6.45) is 3.64. The lowest BCUT2D eigenvalue weighted by atomic mass is 9.92. The molecule has 276 valence electrons. The van der Waals surface area contributed by atoms with Crippen LogP contribution in [-0.2, 0) is 32.1 Å². The molecule has 0 saturated carbocycles. The molecule has 4 amide bonds. The van der Waals surface area contributed by atoms with Crippen molar-refractivity contribution in [1.29, 1.82) is 0 Å². The molecular weight excluding hydrogens is 782 g/mol. The SMILES string of the molecule is CCOC(=O)C1CN(C(=O)C(CC(=O)N2CCC(N3Cc4ccccc4NC3=O)CC2)Cc2cc(Br)c(N)c(Br)c2)CCN1C1CCN(C)CC1. The van der Waals surface area contributed by atoms with E-state index < -0.39 is 12.0 Å². The first kappa shape index (κ1) is 37.6. The van der Waals surface area contributed by atoms with E-state index in [1.807, 2.05) is 46.2 Å². The third kappa shape index (κ3) is 8.72. The predicted molar refractivity (Wildman–Crippen MR) is 203 cm³/mol. The van der Waals surface area contributed by atoms with Gasteiger partial charge in [0.25, 0.3) is 0 Å². The topological polar surface area (TPSA) is 132 Å². The highest BCUT2D eigenvalue weighted by molar-refractivity contribution is 9.11. The van der Waals surface area contributed by atoms with Gasteiger partial charge < -0.3 is 35.4 Å².